The zero-order valence-corrected chi connectivity index (χ0v) is 14.0. The molecule has 122 valence electrons. The van der Waals surface area contributed by atoms with Crippen LogP contribution in [0.15, 0.2) is 54.2 Å². The number of hydrogen-bond donors (Lipinski definition) is 0. The molecule has 0 atom stereocenters. The molecule has 2 heterocycles. The Balaban J connectivity index is 1.64. The predicted octanol–water partition coefficient (Wildman–Crippen LogP) is 3.94. The number of aryl methyl sites for hydroxylation is 1. The fourth-order valence-corrected chi connectivity index (χ4v) is 3.11. The summed E-state index contributed by atoms with van der Waals surface area (Å²) in [6.07, 6.45) is 4.23. The van der Waals surface area contributed by atoms with Crippen molar-refractivity contribution in [3.05, 3.63) is 65.6 Å². The molecule has 1 amide bonds. The second-order valence-electron chi connectivity index (χ2n) is 5.33. The van der Waals surface area contributed by atoms with Crippen LogP contribution in [0.3, 0.4) is 0 Å². The number of aromatic nitrogens is 2. The Labute approximate surface area is 143 Å². The van der Waals surface area contributed by atoms with Crippen molar-refractivity contribution in [3.63, 3.8) is 0 Å². The number of carbonyl (C=O) groups is 1. The first-order valence-corrected chi connectivity index (χ1v) is 8.38. The van der Waals surface area contributed by atoms with Gasteiger partial charge in [0, 0.05) is 36.8 Å². The molecule has 3 rings (SSSR count). The molecule has 24 heavy (non-hydrogen) atoms. The first-order valence-electron chi connectivity index (χ1n) is 7.50. The number of amides is 1. The van der Waals surface area contributed by atoms with Crippen LogP contribution in [-0.4, -0.2) is 22.9 Å². The van der Waals surface area contributed by atoms with Gasteiger partial charge in [-0.1, -0.05) is 12.1 Å². The Morgan fingerprint density at radius 3 is 2.79 bits per heavy atom. The molecule has 0 unspecified atom stereocenters. The molecule has 0 aliphatic rings. The Kier molecular flexibility index (Phi) is 4.96. The summed E-state index contributed by atoms with van der Waals surface area (Å²) in [5, 5.41) is 2.56. The number of benzene rings is 1. The van der Waals surface area contributed by atoms with Gasteiger partial charge in [-0.3, -0.25) is 14.7 Å². The zero-order valence-electron chi connectivity index (χ0n) is 13.1. The van der Waals surface area contributed by atoms with Crippen molar-refractivity contribution in [3.8, 4) is 11.3 Å². The average Bonchev–Trinajstić information content (AvgIpc) is 3.10. The van der Waals surface area contributed by atoms with E-state index >= 15 is 0 Å². The summed E-state index contributed by atoms with van der Waals surface area (Å²) < 4.78 is 13.2. The van der Waals surface area contributed by atoms with Crippen LogP contribution in [0.1, 0.15) is 12.0 Å². The standard InChI is InChI=1S/C18H16FN3OS/c1-22(17(23)6-5-13-3-2-4-15(19)11-13)18-21-16(12-24-18)14-7-9-20-10-8-14/h2-4,7-12H,5-6H2,1H3. The van der Waals surface area contributed by atoms with Crippen LogP contribution >= 0.6 is 11.3 Å². The van der Waals surface area contributed by atoms with E-state index in [2.05, 4.69) is 9.97 Å². The average molecular weight is 341 g/mol. The topological polar surface area (TPSA) is 46.1 Å². The van der Waals surface area contributed by atoms with E-state index in [4.69, 9.17) is 0 Å². The minimum Gasteiger partial charge on any atom is -0.291 e. The highest BCUT2D eigenvalue weighted by atomic mass is 32.1. The van der Waals surface area contributed by atoms with Gasteiger partial charge in [0.15, 0.2) is 5.13 Å². The Morgan fingerprint density at radius 2 is 2.04 bits per heavy atom. The monoisotopic (exact) mass is 341 g/mol. The van der Waals surface area contributed by atoms with Gasteiger partial charge in [-0.25, -0.2) is 9.37 Å². The van der Waals surface area contributed by atoms with E-state index in [0.29, 0.717) is 18.0 Å². The minimum absolute atomic E-state index is 0.0464. The molecule has 1 aromatic carbocycles. The van der Waals surface area contributed by atoms with Crippen molar-refractivity contribution < 1.29 is 9.18 Å². The summed E-state index contributed by atoms with van der Waals surface area (Å²) in [6.45, 7) is 0. The summed E-state index contributed by atoms with van der Waals surface area (Å²) in [5.41, 5.74) is 2.60. The van der Waals surface area contributed by atoms with E-state index < -0.39 is 0 Å². The number of carbonyl (C=O) groups excluding carboxylic acids is 1. The van der Waals surface area contributed by atoms with E-state index in [1.807, 2.05) is 23.6 Å². The highest BCUT2D eigenvalue weighted by Gasteiger charge is 2.15. The lowest BCUT2D eigenvalue weighted by Crippen LogP contribution is -2.26. The summed E-state index contributed by atoms with van der Waals surface area (Å²) in [4.78, 5) is 22.4. The van der Waals surface area contributed by atoms with Gasteiger partial charge in [0.05, 0.1) is 5.69 Å². The van der Waals surface area contributed by atoms with Crippen molar-refractivity contribution in [2.24, 2.45) is 0 Å². The van der Waals surface area contributed by atoms with Crippen LogP contribution in [-0.2, 0) is 11.2 Å². The number of rotatable bonds is 5. The van der Waals surface area contributed by atoms with E-state index in [9.17, 15) is 9.18 Å². The lowest BCUT2D eigenvalue weighted by Gasteiger charge is -2.13. The van der Waals surface area contributed by atoms with Crippen LogP contribution < -0.4 is 4.90 Å². The lowest BCUT2D eigenvalue weighted by molar-refractivity contribution is -0.118. The maximum absolute atomic E-state index is 13.2. The molecule has 2 aromatic heterocycles. The third-order valence-electron chi connectivity index (χ3n) is 3.65. The quantitative estimate of drug-likeness (QED) is 0.706. The van der Waals surface area contributed by atoms with Crippen molar-refractivity contribution in [1.82, 2.24) is 9.97 Å². The minimum atomic E-state index is -0.282. The molecule has 0 aliphatic heterocycles. The molecule has 3 aromatic rings. The van der Waals surface area contributed by atoms with Crippen LogP contribution in [0.4, 0.5) is 9.52 Å². The molecule has 0 aliphatic carbocycles. The molecule has 0 saturated carbocycles. The van der Waals surface area contributed by atoms with E-state index in [1.54, 1.807) is 30.4 Å². The third kappa shape index (κ3) is 3.83. The number of pyridine rings is 1. The molecule has 0 radical (unpaired) electrons. The number of hydrogen-bond acceptors (Lipinski definition) is 4. The fraction of sp³-hybridized carbons (Fsp3) is 0.167. The normalized spacial score (nSPS) is 10.6. The molecular weight excluding hydrogens is 325 g/mol. The van der Waals surface area contributed by atoms with Gasteiger partial charge in [0.2, 0.25) is 5.91 Å². The van der Waals surface area contributed by atoms with Crippen LogP contribution in [0.2, 0.25) is 0 Å². The smallest absolute Gasteiger partial charge is 0.228 e. The van der Waals surface area contributed by atoms with Crippen molar-refractivity contribution in [1.29, 1.82) is 0 Å². The van der Waals surface area contributed by atoms with Gasteiger partial charge in [0.1, 0.15) is 5.82 Å². The molecular formula is C18H16FN3OS. The van der Waals surface area contributed by atoms with Crippen LogP contribution in [0.25, 0.3) is 11.3 Å². The first kappa shape index (κ1) is 16.3. The first-order chi connectivity index (χ1) is 11.6. The predicted molar refractivity (Wildman–Crippen MR) is 93.5 cm³/mol. The molecule has 0 saturated heterocycles. The van der Waals surface area contributed by atoms with Crippen LogP contribution in [0, 0.1) is 5.82 Å². The van der Waals surface area contributed by atoms with E-state index in [1.165, 1.54) is 23.5 Å². The van der Waals surface area contributed by atoms with Gasteiger partial charge < -0.3 is 0 Å². The van der Waals surface area contributed by atoms with Gasteiger partial charge in [-0.05, 0) is 36.2 Å². The van der Waals surface area contributed by atoms with Gasteiger partial charge in [0.25, 0.3) is 0 Å². The molecule has 0 fully saturated rings. The third-order valence-corrected chi connectivity index (χ3v) is 4.56. The zero-order chi connectivity index (χ0) is 16.9. The second-order valence-corrected chi connectivity index (χ2v) is 6.17. The number of thiazole rings is 1. The molecule has 0 spiro atoms. The van der Waals surface area contributed by atoms with Crippen LogP contribution in [0.5, 0.6) is 0 Å². The number of anilines is 1. The Bertz CT molecular complexity index is 835. The maximum atomic E-state index is 13.2. The van der Waals surface area contributed by atoms with Gasteiger partial charge >= 0.3 is 0 Å². The summed E-state index contributed by atoms with van der Waals surface area (Å²) in [7, 11) is 1.71. The molecule has 6 heteroatoms. The van der Waals surface area contributed by atoms with E-state index in [-0.39, 0.29) is 11.7 Å². The Hall–Kier alpha value is -2.60. The Morgan fingerprint density at radius 1 is 1.25 bits per heavy atom. The van der Waals surface area contributed by atoms with Crippen molar-refractivity contribution in [2.75, 3.05) is 11.9 Å². The fourth-order valence-electron chi connectivity index (χ4n) is 2.29. The summed E-state index contributed by atoms with van der Waals surface area (Å²) >= 11 is 1.42. The lowest BCUT2D eigenvalue weighted by atomic mass is 10.1. The van der Waals surface area contributed by atoms with E-state index in [0.717, 1.165) is 16.8 Å². The van der Waals surface area contributed by atoms with Crippen molar-refractivity contribution in [2.45, 2.75) is 12.8 Å². The number of halogens is 1. The molecule has 0 bridgehead atoms. The maximum Gasteiger partial charge on any atom is 0.228 e. The van der Waals surface area contributed by atoms with Crippen molar-refractivity contribution >= 4 is 22.4 Å². The summed E-state index contributed by atoms with van der Waals surface area (Å²) in [6, 6.07) is 10.1. The highest BCUT2D eigenvalue weighted by Crippen LogP contribution is 2.26. The number of nitrogens with zero attached hydrogens (tertiary/aromatic N) is 3. The molecule has 0 N–H and O–H groups in total. The second kappa shape index (κ2) is 7.31. The van der Waals surface area contributed by atoms with Gasteiger partial charge in [-0.2, -0.15) is 0 Å². The highest BCUT2D eigenvalue weighted by molar-refractivity contribution is 7.14. The van der Waals surface area contributed by atoms with Gasteiger partial charge in [-0.15, -0.1) is 11.3 Å². The summed E-state index contributed by atoms with van der Waals surface area (Å²) in [5.74, 6) is -0.329. The SMILES string of the molecule is CN(C(=O)CCc1cccc(F)c1)c1nc(-c2ccncc2)cs1. The largest absolute Gasteiger partial charge is 0.291 e. The molecule has 4 nitrogen and oxygen atoms in total.